The van der Waals surface area contributed by atoms with Crippen LogP contribution in [-0.2, 0) is 6.61 Å². The van der Waals surface area contributed by atoms with E-state index in [4.69, 9.17) is 23.4 Å². The van der Waals surface area contributed by atoms with Gasteiger partial charge in [0.25, 0.3) is 0 Å². The van der Waals surface area contributed by atoms with Crippen molar-refractivity contribution in [1.29, 1.82) is 0 Å². The predicted molar refractivity (Wildman–Crippen MR) is 112 cm³/mol. The molecule has 0 bridgehead atoms. The summed E-state index contributed by atoms with van der Waals surface area (Å²) in [6.45, 7) is 0.231. The molecule has 0 saturated carbocycles. The van der Waals surface area contributed by atoms with Crippen LogP contribution in [0.3, 0.4) is 0 Å². The molecule has 0 unspecified atom stereocenters. The average Bonchev–Trinajstić information content (AvgIpc) is 2.77. The minimum absolute atomic E-state index is 0.0553. The van der Waals surface area contributed by atoms with E-state index in [1.807, 2.05) is 24.3 Å². The van der Waals surface area contributed by atoms with Gasteiger partial charge in [-0.05, 0) is 41.5 Å². The summed E-state index contributed by atoms with van der Waals surface area (Å²) >= 11 is 0. The molecule has 1 N–H and O–H groups in total. The molecule has 1 heterocycles. The van der Waals surface area contributed by atoms with Crippen molar-refractivity contribution in [3.05, 3.63) is 75.8 Å². The van der Waals surface area contributed by atoms with Crippen molar-refractivity contribution < 1.29 is 28.5 Å². The van der Waals surface area contributed by atoms with Gasteiger partial charge in [0.2, 0.25) is 16.9 Å². The third-order valence-electron chi connectivity index (χ3n) is 4.29. The number of aromatic hydroxyl groups is 1. The number of methoxy groups -OCH3 is 3. The zero-order valence-electron chi connectivity index (χ0n) is 16.9. The van der Waals surface area contributed by atoms with Crippen LogP contribution in [0.5, 0.6) is 28.7 Å². The summed E-state index contributed by atoms with van der Waals surface area (Å²) in [6, 6.07) is 11.9. The van der Waals surface area contributed by atoms with E-state index in [9.17, 15) is 9.90 Å². The fourth-order valence-corrected chi connectivity index (χ4v) is 2.73. The molecule has 3 rings (SSSR count). The molecular weight excluding hydrogens is 388 g/mol. The Labute approximate surface area is 173 Å². The lowest BCUT2D eigenvalue weighted by Gasteiger charge is -2.10. The van der Waals surface area contributed by atoms with Crippen LogP contribution >= 0.6 is 0 Å². The Morgan fingerprint density at radius 1 is 0.933 bits per heavy atom. The Morgan fingerprint density at radius 2 is 1.70 bits per heavy atom. The van der Waals surface area contributed by atoms with Gasteiger partial charge in [0, 0.05) is 6.07 Å². The van der Waals surface area contributed by atoms with Gasteiger partial charge in [0.1, 0.15) is 24.4 Å². The molecule has 0 atom stereocenters. The molecule has 0 aliphatic rings. The monoisotopic (exact) mass is 410 g/mol. The van der Waals surface area contributed by atoms with Crippen molar-refractivity contribution in [1.82, 2.24) is 0 Å². The Balaban J connectivity index is 1.70. The first kappa shape index (κ1) is 20.9. The molecule has 0 radical (unpaired) electrons. The molecule has 0 saturated heterocycles. The van der Waals surface area contributed by atoms with Gasteiger partial charge in [0.15, 0.2) is 11.5 Å². The third kappa shape index (κ3) is 4.94. The lowest BCUT2D eigenvalue weighted by Crippen LogP contribution is -2.07. The second kappa shape index (κ2) is 9.56. The van der Waals surface area contributed by atoms with Gasteiger partial charge >= 0.3 is 0 Å². The molecule has 0 spiro atoms. The van der Waals surface area contributed by atoms with E-state index >= 15 is 0 Å². The van der Waals surface area contributed by atoms with Crippen LogP contribution in [0.15, 0.2) is 57.9 Å². The smallest absolute Gasteiger partial charge is 0.227 e. The maximum atomic E-state index is 12.3. The average molecular weight is 410 g/mol. The quantitative estimate of drug-likeness (QED) is 0.598. The molecule has 1 aromatic heterocycles. The van der Waals surface area contributed by atoms with E-state index in [-0.39, 0.29) is 29.3 Å². The molecule has 156 valence electrons. The molecule has 7 nitrogen and oxygen atoms in total. The lowest BCUT2D eigenvalue weighted by molar-refractivity contribution is 0.291. The van der Waals surface area contributed by atoms with Crippen molar-refractivity contribution in [3.8, 4) is 28.7 Å². The van der Waals surface area contributed by atoms with E-state index < -0.39 is 0 Å². The predicted octanol–water partition coefficient (Wildman–Crippen LogP) is 4.12. The standard InChI is InChI=1S/C23H22O7/c1-26-17-7-4-15(5-8-17)13-30-22-14-29-18(12-19(22)24)9-6-16-10-20(25)23(28-3)21(11-16)27-2/h4-12,14,25H,13H2,1-3H3. The van der Waals surface area contributed by atoms with Crippen LogP contribution in [0.2, 0.25) is 0 Å². The maximum absolute atomic E-state index is 12.3. The number of rotatable bonds is 8. The van der Waals surface area contributed by atoms with E-state index in [1.165, 1.54) is 32.6 Å². The zero-order valence-corrected chi connectivity index (χ0v) is 16.9. The highest BCUT2D eigenvalue weighted by Crippen LogP contribution is 2.37. The molecule has 0 amide bonds. The minimum Gasteiger partial charge on any atom is -0.504 e. The van der Waals surface area contributed by atoms with E-state index in [2.05, 4.69) is 0 Å². The zero-order chi connectivity index (χ0) is 21.5. The number of ether oxygens (including phenoxy) is 4. The van der Waals surface area contributed by atoms with E-state index in [0.29, 0.717) is 17.1 Å². The van der Waals surface area contributed by atoms with Crippen molar-refractivity contribution in [2.45, 2.75) is 6.61 Å². The summed E-state index contributed by atoms with van der Waals surface area (Å²) in [7, 11) is 4.52. The summed E-state index contributed by atoms with van der Waals surface area (Å²) in [5.74, 6) is 1.79. The molecule has 7 heteroatoms. The van der Waals surface area contributed by atoms with Gasteiger partial charge in [0.05, 0.1) is 21.3 Å². The summed E-state index contributed by atoms with van der Waals surface area (Å²) in [6.07, 6.45) is 4.56. The fourth-order valence-electron chi connectivity index (χ4n) is 2.73. The highest BCUT2D eigenvalue weighted by atomic mass is 16.5. The highest BCUT2D eigenvalue weighted by Gasteiger charge is 2.10. The van der Waals surface area contributed by atoms with Crippen LogP contribution in [0.1, 0.15) is 16.9 Å². The van der Waals surface area contributed by atoms with Gasteiger partial charge in [-0.1, -0.05) is 18.2 Å². The first-order valence-corrected chi connectivity index (χ1v) is 9.05. The van der Waals surface area contributed by atoms with Crippen molar-refractivity contribution in [2.24, 2.45) is 0 Å². The van der Waals surface area contributed by atoms with Gasteiger partial charge in [-0.15, -0.1) is 0 Å². The van der Waals surface area contributed by atoms with Gasteiger partial charge < -0.3 is 28.5 Å². The SMILES string of the molecule is COc1ccc(COc2coc(C=Cc3cc(O)c(OC)c(OC)c3)cc2=O)cc1. The summed E-state index contributed by atoms with van der Waals surface area (Å²) < 4.78 is 26.4. The Hall–Kier alpha value is -3.87. The van der Waals surface area contributed by atoms with E-state index in [0.717, 1.165) is 11.3 Å². The topological polar surface area (TPSA) is 87.4 Å². The second-order valence-corrected chi connectivity index (χ2v) is 6.26. The molecule has 0 aliphatic heterocycles. The molecule has 2 aromatic carbocycles. The Morgan fingerprint density at radius 3 is 2.33 bits per heavy atom. The summed E-state index contributed by atoms with van der Waals surface area (Å²) in [4.78, 5) is 12.3. The molecular formula is C23H22O7. The molecule has 3 aromatic rings. The van der Waals surface area contributed by atoms with Crippen molar-refractivity contribution in [2.75, 3.05) is 21.3 Å². The Kier molecular flexibility index (Phi) is 6.64. The molecule has 0 aliphatic carbocycles. The first-order valence-electron chi connectivity index (χ1n) is 9.05. The van der Waals surface area contributed by atoms with Crippen molar-refractivity contribution in [3.63, 3.8) is 0 Å². The number of phenols is 1. The van der Waals surface area contributed by atoms with E-state index in [1.54, 1.807) is 25.3 Å². The number of hydrogen-bond donors (Lipinski definition) is 1. The van der Waals surface area contributed by atoms with Crippen LogP contribution < -0.4 is 24.4 Å². The van der Waals surface area contributed by atoms with Gasteiger partial charge in [-0.3, -0.25) is 4.79 Å². The fraction of sp³-hybridized carbons (Fsp3) is 0.174. The first-order chi connectivity index (χ1) is 14.5. The maximum Gasteiger partial charge on any atom is 0.227 e. The summed E-state index contributed by atoms with van der Waals surface area (Å²) in [5, 5.41) is 10.0. The van der Waals surface area contributed by atoms with Crippen molar-refractivity contribution >= 4 is 12.2 Å². The van der Waals surface area contributed by atoms with Gasteiger partial charge in [-0.25, -0.2) is 0 Å². The van der Waals surface area contributed by atoms with Crippen LogP contribution in [-0.4, -0.2) is 26.4 Å². The number of phenolic OH excluding ortho intramolecular Hbond substituents is 1. The largest absolute Gasteiger partial charge is 0.504 e. The van der Waals surface area contributed by atoms with Crippen LogP contribution in [0.4, 0.5) is 0 Å². The number of hydrogen-bond acceptors (Lipinski definition) is 7. The minimum atomic E-state index is -0.301. The van der Waals surface area contributed by atoms with Crippen LogP contribution in [0, 0.1) is 0 Å². The van der Waals surface area contributed by atoms with Gasteiger partial charge in [-0.2, -0.15) is 0 Å². The molecule has 0 fully saturated rings. The normalized spacial score (nSPS) is 10.8. The number of benzene rings is 2. The summed E-state index contributed by atoms with van der Waals surface area (Å²) in [5.41, 5.74) is 1.24. The van der Waals surface area contributed by atoms with Crippen LogP contribution in [0.25, 0.3) is 12.2 Å². The Bertz CT molecular complexity index is 1080. The second-order valence-electron chi connectivity index (χ2n) is 6.26. The lowest BCUT2D eigenvalue weighted by atomic mass is 10.1. The highest BCUT2D eigenvalue weighted by molar-refractivity contribution is 5.71. The third-order valence-corrected chi connectivity index (χ3v) is 4.29. The molecule has 30 heavy (non-hydrogen) atoms.